The van der Waals surface area contributed by atoms with Crippen LogP contribution < -0.4 is 21.6 Å². The van der Waals surface area contributed by atoms with Crippen LogP contribution >= 0.6 is 0 Å². The van der Waals surface area contributed by atoms with Crippen molar-refractivity contribution >= 4 is 45.8 Å². The molecule has 1 atom stereocenters. The molecular formula is C39H48N8O5. The predicted octanol–water partition coefficient (Wildman–Crippen LogP) is 5.99. The molecule has 0 aliphatic heterocycles. The van der Waals surface area contributed by atoms with Crippen LogP contribution in [0.1, 0.15) is 83.2 Å². The molecule has 0 radical (unpaired) electrons. The fourth-order valence-corrected chi connectivity index (χ4v) is 6.95. The summed E-state index contributed by atoms with van der Waals surface area (Å²) >= 11 is 0. The van der Waals surface area contributed by atoms with E-state index in [0.29, 0.717) is 41.8 Å². The Bertz CT molecular complexity index is 2150. The summed E-state index contributed by atoms with van der Waals surface area (Å²) in [4.78, 5) is 71.9. The average molecular weight is 709 g/mol. The lowest BCUT2D eigenvalue weighted by Gasteiger charge is -2.36. The number of hydrogen-bond acceptors (Lipinski definition) is 7. The van der Waals surface area contributed by atoms with E-state index in [1.807, 2.05) is 52.0 Å². The molecule has 52 heavy (non-hydrogen) atoms. The number of primary amides is 1. The van der Waals surface area contributed by atoms with Gasteiger partial charge in [0, 0.05) is 36.1 Å². The molecule has 0 unspecified atom stereocenters. The normalized spacial score (nSPS) is 17.0. The van der Waals surface area contributed by atoms with Crippen molar-refractivity contribution < 1.29 is 19.1 Å². The molecule has 1 fully saturated rings. The first kappa shape index (κ1) is 36.3. The summed E-state index contributed by atoms with van der Waals surface area (Å²) in [6.45, 7) is 12.1. The maximum atomic E-state index is 14.5. The van der Waals surface area contributed by atoms with E-state index in [1.54, 1.807) is 18.2 Å². The zero-order chi connectivity index (χ0) is 37.3. The topological polar surface area (TPSA) is 192 Å². The Kier molecular flexibility index (Phi) is 10.2. The van der Waals surface area contributed by atoms with Gasteiger partial charge in [-0.05, 0) is 94.7 Å². The van der Waals surface area contributed by atoms with Crippen molar-refractivity contribution in [3.05, 3.63) is 76.0 Å². The number of hydrogen-bond donors (Lipinski definition) is 5. The first-order valence-electron chi connectivity index (χ1n) is 17.9. The average Bonchev–Trinajstić information content (AvgIpc) is 3.68. The smallest absolute Gasteiger partial charge is 0.407 e. The van der Waals surface area contributed by atoms with Crippen LogP contribution in [-0.2, 0) is 20.7 Å². The molecule has 6 N–H and O–H groups in total. The van der Waals surface area contributed by atoms with Gasteiger partial charge in [-0.15, -0.1) is 0 Å². The van der Waals surface area contributed by atoms with Crippen molar-refractivity contribution in [1.29, 1.82) is 0 Å². The molecule has 2 aromatic carbocycles. The third-order valence-corrected chi connectivity index (χ3v) is 9.67. The summed E-state index contributed by atoms with van der Waals surface area (Å²) in [5.74, 6) is 0.126. The number of nitrogens with two attached hydrogens (primary N) is 1. The van der Waals surface area contributed by atoms with Gasteiger partial charge < -0.3 is 30.7 Å². The minimum atomic E-state index is -0.997. The number of carbonyl (C=O) groups excluding carboxylic acids is 3. The lowest BCUT2D eigenvalue weighted by molar-refractivity contribution is -0.127. The molecule has 13 nitrogen and oxygen atoms in total. The summed E-state index contributed by atoms with van der Waals surface area (Å²) in [6.07, 6.45) is 2.35. The monoisotopic (exact) mass is 708 g/mol. The van der Waals surface area contributed by atoms with E-state index in [0.717, 1.165) is 46.6 Å². The zero-order valence-electron chi connectivity index (χ0n) is 30.6. The maximum Gasteiger partial charge on any atom is 0.407 e. The first-order chi connectivity index (χ1) is 24.6. The van der Waals surface area contributed by atoms with Crippen molar-refractivity contribution in [2.45, 2.75) is 91.2 Å². The van der Waals surface area contributed by atoms with Crippen molar-refractivity contribution in [1.82, 2.24) is 30.2 Å². The van der Waals surface area contributed by atoms with Gasteiger partial charge in [0.1, 0.15) is 17.5 Å². The lowest BCUT2D eigenvalue weighted by Crippen LogP contribution is -2.52. The Labute approximate surface area is 302 Å². The number of nitrogens with one attached hydrogen (secondary N) is 4. The van der Waals surface area contributed by atoms with E-state index in [-0.39, 0.29) is 35.8 Å². The fraction of sp³-hybridized carbons (Fsp3) is 0.436. The van der Waals surface area contributed by atoms with Gasteiger partial charge >= 0.3 is 11.8 Å². The molecule has 13 heteroatoms. The summed E-state index contributed by atoms with van der Waals surface area (Å²) in [7, 11) is 0. The lowest BCUT2D eigenvalue weighted by atomic mass is 9.81. The Balaban J connectivity index is 1.23. The number of carbonyl (C=O) groups is 3. The molecule has 1 aliphatic rings. The number of benzene rings is 2. The summed E-state index contributed by atoms with van der Waals surface area (Å²) in [6, 6.07) is 14.0. The van der Waals surface area contributed by atoms with Crippen LogP contribution in [-0.4, -0.2) is 61.0 Å². The minimum absolute atomic E-state index is 0.181. The third-order valence-electron chi connectivity index (χ3n) is 9.67. The van der Waals surface area contributed by atoms with Crippen LogP contribution in [0.4, 0.5) is 10.5 Å². The van der Waals surface area contributed by atoms with E-state index in [4.69, 9.17) is 15.5 Å². The van der Waals surface area contributed by atoms with Crippen molar-refractivity contribution in [3.63, 3.8) is 0 Å². The molecule has 274 valence electrons. The number of rotatable bonds is 10. The molecule has 6 rings (SSSR count). The molecule has 3 heterocycles. The molecular weight excluding hydrogens is 660 g/mol. The van der Waals surface area contributed by atoms with Gasteiger partial charge in [0.15, 0.2) is 5.65 Å². The highest BCUT2D eigenvalue weighted by molar-refractivity contribution is 6.02. The number of aromatic nitrogens is 5. The predicted molar refractivity (Wildman–Crippen MR) is 201 cm³/mol. The van der Waals surface area contributed by atoms with Gasteiger partial charge in [-0.1, -0.05) is 38.1 Å². The van der Waals surface area contributed by atoms with Crippen LogP contribution in [0.5, 0.6) is 0 Å². The Morgan fingerprint density at radius 3 is 2.29 bits per heavy atom. The minimum Gasteiger partial charge on any atom is -0.444 e. The largest absolute Gasteiger partial charge is 0.444 e. The number of aryl methyl sites for hydroxylation is 1. The third kappa shape index (κ3) is 8.19. The second-order valence-electron chi connectivity index (χ2n) is 15.2. The number of H-pyrrole nitrogens is 3. The number of imidazole rings is 2. The SMILES string of the molecule is Cc1cc2[nH]c(C(C)C)nc2nc1-c1ccc(C[C@@H](C(N)=O)N(C(=O)C2CCC(CNC(=O)OC(C)(C)C)CC2)c2ccc3[nH]c(=O)[nH]c3c2)cc1. The van der Waals surface area contributed by atoms with Gasteiger partial charge in [-0.2, -0.15) is 0 Å². The highest BCUT2D eigenvalue weighted by atomic mass is 16.6. The number of aromatic amines is 3. The summed E-state index contributed by atoms with van der Waals surface area (Å²) < 4.78 is 5.37. The second-order valence-corrected chi connectivity index (χ2v) is 15.2. The molecule has 3 aromatic heterocycles. The highest BCUT2D eigenvalue weighted by Gasteiger charge is 2.36. The molecule has 0 saturated heterocycles. The second kappa shape index (κ2) is 14.6. The molecule has 0 bridgehead atoms. The fourth-order valence-electron chi connectivity index (χ4n) is 6.95. The van der Waals surface area contributed by atoms with E-state index in [9.17, 15) is 19.2 Å². The van der Waals surface area contributed by atoms with Crippen LogP contribution in [0, 0.1) is 18.8 Å². The Hall–Kier alpha value is -5.46. The molecule has 3 amide bonds. The Morgan fingerprint density at radius 2 is 1.63 bits per heavy atom. The zero-order valence-corrected chi connectivity index (χ0v) is 30.6. The van der Waals surface area contributed by atoms with Crippen LogP contribution in [0.25, 0.3) is 33.5 Å². The number of pyridine rings is 1. The molecule has 5 aromatic rings. The standard InChI is InChI=1S/C39H48N8O5/c1-21(2)34-42-30-17-22(3)32(45-35(30)46-34)25-11-7-23(8-12-25)18-31(33(40)48)47(27-15-16-28-29(19-27)44-37(50)43-28)36(49)26-13-9-24(10-14-26)20-41-38(51)52-39(4,5)6/h7-8,11-12,15-17,19,21,24,26,31H,9-10,13-14,18,20H2,1-6H3,(H2,40,48)(H,41,51)(H,42,45,46)(H2,43,44,50)/t24?,26?,31-/m0/s1. The number of ether oxygens (including phenoxy) is 1. The van der Waals surface area contributed by atoms with Gasteiger partial charge in [0.25, 0.3) is 0 Å². The summed E-state index contributed by atoms with van der Waals surface area (Å²) in [5, 5.41) is 2.85. The molecule has 0 spiro atoms. The first-order valence-corrected chi connectivity index (χ1v) is 17.9. The molecule has 1 saturated carbocycles. The van der Waals surface area contributed by atoms with E-state index < -0.39 is 23.6 Å². The van der Waals surface area contributed by atoms with Crippen molar-refractivity contribution in [2.75, 3.05) is 11.4 Å². The number of fused-ring (bicyclic) bond motifs is 2. The Morgan fingerprint density at radius 1 is 0.942 bits per heavy atom. The molecule has 1 aliphatic carbocycles. The highest BCUT2D eigenvalue weighted by Crippen LogP contribution is 2.34. The van der Waals surface area contributed by atoms with Crippen LogP contribution in [0.2, 0.25) is 0 Å². The summed E-state index contributed by atoms with van der Waals surface area (Å²) in [5.41, 5.74) is 11.8. The van der Waals surface area contributed by atoms with Gasteiger partial charge in [-0.25, -0.2) is 19.6 Å². The quantitative estimate of drug-likeness (QED) is 0.118. The van der Waals surface area contributed by atoms with Gasteiger partial charge in [0.2, 0.25) is 11.8 Å². The maximum absolute atomic E-state index is 14.5. The van der Waals surface area contributed by atoms with Crippen molar-refractivity contribution in [2.24, 2.45) is 17.6 Å². The van der Waals surface area contributed by atoms with Gasteiger partial charge in [0.05, 0.1) is 22.2 Å². The number of amides is 3. The van der Waals surface area contributed by atoms with E-state index >= 15 is 0 Å². The van der Waals surface area contributed by atoms with E-state index in [1.165, 1.54) is 4.90 Å². The van der Waals surface area contributed by atoms with E-state index in [2.05, 4.69) is 45.2 Å². The van der Waals surface area contributed by atoms with Crippen LogP contribution in [0.15, 0.2) is 53.3 Å². The van der Waals surface area contributed by atoms with Crippen LogP contribution in [0.3, 0.4) is 0 Å². The number of nitrogens with zero attached hydrogens (tertiary/aromatic N) is 3. The van der Waals surface area contributed by atoms with Crippen molar-refractivity contribution in [3.8, 4) is 11.3 Å². The van der Waals surface area contributed by atoms with Gasteiger partial charge in [-0.3, -0.25) is 14.5 Å². The number of anilines is 1. The number of alkyl carbamates (subject to hydrolysis) is 1.